The quantitative estimate of drug-likeness (QED) is 0.639. The Hall–Kier alpha value is -3.20. The van der Waals surface area contributed by atoms with Crippen molar-refractivity contribution >= 4 is 5.97 Å². The third-order valence-corrected chi connectivity index (χ3v) is 3.27. The number of methoxy groups -OCH3 is 1. The summed E-state index contributed by atoms with van der Waals surface area (Å²) in [5.74, 6) is 1.01. The summed E-state index contributed by atoms with van der Waals surface area (Å²) in [5, 5.41) is 8.88. The van der Waals surface area contributed by atoms with Crippen molar-refractivity contribution in [2.24, 2.45) is 0 Å². The molecule has 0 fully saturated rings. The van der Waals surface area contributed by atoms with E-state index in [0.29, 0.717) is 22.8 Å². The number of benzene rings is 2. The molecule has 0 radical (unpaired) electrons. The molecule has 116 valence electrons. The Morgan fingerprint density at radius 2 is 2.00 bits per heavy atom. The molecule has 0 bridgehead atoms. The van der Waals surface area contributed by atoms with Crippen LogP contribution in [0, 0.1) is 11.3 Å². The molecular weight excluding hydrogens is 298 g/mol. The molecule has 1 atom stereocenters. The van der Waals surface area contributed by atoms with Gasteiger partial charge in [-0.25, -0.2) is 4.79 Å². The van der Waals surface area contributed by atoms with Crippen LogP contribution in [0.4, 0.5) is 0 Å². The molecule has 2 aromatic rings. The summed E-state index contributed by atoms with van der Waals surface area (Å²) in [6.07, 6.45) is -0.870. The largest absolute Gasteiger partial charge is 0.493 e. The van der Waals surface area contributed by atoms with Crippen molar-refractivity contribution in [1.29, 1.82) is 5.26 Å². The minimum atomic E-state index is -0.870. The lowest BCUT2D eigenvalue weighted by atomic mass is 10.2. The van der Waals surface area contributed by atoms with Crippen molar-refractivity contribution in [3.8, 4) is 29.1 Å². The van der Waals surface area contributed by atoms with Crippen LogP contribution in [0.3, 0.4) is 0 Å². The summed E-state index contributed by atoms with van der Waals surface area (Å²) in [7, 11) is 1.43. The first kappa shape index (κ1) is 14.7. The molecule has 0 saturated heterocycles. The second-order valence-electron chi connectivity index (χ2n) is 4.76. The van der Waals surface area contributed by atoms with Crippen LogP contribution in [0.2, 0.25) is 0 Å². The molecule has 0 amide bonds. The number of carbonyl (C=O) groups excluding carboxylic acids is 1. The first-order valence-electron chi connectivity index (χ1n) is 6.89. The topological polar surface area (TPSA) is 77.8 Å². The van der Waals surface area contributed by atoms with Crippen LogP contribution < -0.4 is 18.9 Å². The number of hydrogen-bond acceptors (Lipinski definition) is 6. The maximum Gasteiger partial charge on any atom is 0.356 e. The van der Waals surface area contributed by atoms with Gasteiger partial charge in [0.05, 0.1) is 18.7 Å². The molecule has 0 unspecified atom stereocenters. The first-order valence-corrected chi connectivity index (χ1v) is 6.89. The van der Waals surface area contributed by atoms with Crippen molar-refractivity contribution in [3.63, 3.8) is 0 Å². The second-order valence-corrected chi connectivity index (χ2v) is 4.76. The average Bonchev–Trinajstić information content (AvgIpc) is 2.61. The zero-order valence-corrected chi connectivity index (χ0v) is 12.3. The van der Waals surface area contributed by atoms with E-state index in [0.717, 1.165) is 0 Å². The normalized spacial score (nSPS) is 15.4. The van der Waals surface area contributed by atoms with E-state index in [4.69, 9.17) is 24.2 Å². The van der Waals surface area contributed by atoms with Gasteiger partial charge in [-0.2, -0.15) is 5.26 Å². The zero-order chi connectivity index (χ0) is 16.2. The molecule has 3 rings (SSSR count). The molecule has 2 aromatic carbocycles. The van der Waals surface area contributed by atoms with Gasteiger partial charge >= 0.3 is 5.97 Å². The maximum atomic E-state index is 12.3. The fourth-order valence-electron chi connectivity index (χ4n) is 2.13. The van der Waals surface area contributed by atoms with Gasteiger partial charge < -0.3 is 18.9 Å². The predicted molar refractivity (Wildman–Crippen MR) is 79.7 cm³/mol. The molecule has 0 aromatic heterocycles. The van der Waals surface area contributed by atoms with Gasteiger partial charge in [-0.05, 0) is 24.3 Å². The van der Waals surface area contributed by atoms with Gasteiger partial charge in [-0.3, -0.25) is 0 Å². The monoisotopic (exact) mass is 311 g/mol. The van der Waals surface area contributed by atoms with Gasteiger partial charge in [0.25, 0.3) is 0 Å². The Balaban J connectivity index is 1.74. The zero-order valence-electron chi connectivity index (χ0n) is 12.3. The van der Waals surface area contributed by atoms with E-state index in [9.17, 15) is 4.79 Å². The minimum absolute atomic E-state index is 0.0639. The summed E-state index contributed by atoms with van der Waals surface area (Å²) < 4.78 is 21.5. The number of nitriles is 1. The summed E-state index contributed by atoms with van der Waals surface area (Å²) >= 11 is 0. The molecular formula is C17H13NO5. The summed E-state index contributed by atoms with van der Waals surface area (Å²) in [6, 6.07) is 13.6. The van der Waals surface area contributed by atoms with Crippen molar-refractivity contribution in [2.75, 3.05) is 13.7 Å². The fraction of sp³-hybridized carbons (Fsp3) is 0.176. The number of para-hydroxylation sites is 2. The lowest BCUT2D eigenvalue weighted by Gasteiger charge is -2.25. The minimum Gasteiger partial charge on any atom is -0.493 e. The van der Waals surface area contributed by atoms with Gasteiger partial charge in [0, 0.05) is 6.07 Å². The third kappa shape index (κ3) is 3.04. The molecule has 0 saturated carbocycles. The third-order valence-electron chi connectivity index (χ3n) is 3.27. The standard InChI is InChI=1S/C17H13NO5/c1-20-15-8-11(9-18)6-7-14(15)23-17(19)16-10-21-12-4-2-3-5-13(12)22-16/h2-8,16H,10H2,1H3/t16-/m1/s1. The number of esters is 1. The summed E-state index contributed by atoms with van der Waals surface area (Å²) in [5.41, 5.74) is 0.410. The Bertz CT molecular complexity index is 781. The van der Waals surface area contributed by atoms with Crippen LogP contribution in [0.1, 0.15) is 5.56 Å². The van der Waals surface area contributed by atoms with Crippen LogP contribution in [-0.4, -0.2) is 25.8 Å². The molecule has 1 aliphatic rings. The van der Waals surface area contributed by atoms with Crippen LogP contribution >= 0.6 is 0 Å². The van der Waals surface area contributed by atoms with Gasteiger partial charge in [0.2, 0.25) is 6.10 Å². The second kappa shape index (κ2) is 6.28. The average molecular weight is 311 g/mol. The van der Waals surface area contributed by atoms with E-state index in [1.807, 2.05) is 12.1 Å². The Kier molecular flexibility index (Phi) is 4.02. The number of carbonyl (C=O) groups is 1. The van der Waals surface area contributed by atoms with Crippen molar-refractivity contribution in [1.82, 2.24) is 0 Å². The van der Waals surface area contributed by atoms with E-state index in [1.54, 1.807) is 24.3 Å². The highest BCUT2D eigenvalue weighted by Gasteiger charge is 2.29. The van der Waals surface area contributed by atoms with Crippen molar-refractivity contribution in [3.05, 3.63) is 48.0 Å². The smallest absolute Gasteiger partial charge is 0.356 e. The maximum absolute atomic E-state index is 12.3. The molecule has 1 heterocycles. The van der Waals surface area contributed by atoms with Crippen LogP contribution in [0.5, 0.6) is 23.0 Å². The highest BCUT2D eigenvalue weighted by molar-refractivity contribution is 5.79. The molecule has 0 aliphatic carbocycles. The molecule has 0 spiro atoms. The highest BCUT2D eigenvalue weighted by atomic mass is 16.6. The van der Waals surface area contributed by atoms with Crippen molar-refractivity contribution in [2.45, 2.75) is 6.10 Å². The molecule has 6 nitrogen and oxygen atoms in total. The van der Waals surface area contributed by atoms with E-state index >= 15 is 0 Å². The Morgan fingerprint density at radius 3 is 2.74 bits per heavy atom. The highest BCUT2D eigenvalue weighted by Crippen LogP contribution is 2.32. The van der Waals surface area contributed by atoms with Gasteiger partial charge in [-0.15, -0.1) is 0 Å². The summed E-state index contributed by atoms with van der Waals surface area (Å²) in [6.45, 7) is 0.0639. The number of ether oxygens (including phenoxy) is 4. The van der Waals surface area contributed by atoms with Gasteiger partial charge in [0.15, 0.2) is 23.0 Å². The lowest BCUT2D eigenvalue weighted by Crippen LogP contribution is -2.39. The Labute approximate surface area is 132 Å². The van der Waals surface area contributed by atoms with Crippen LogP contribution in [0.15, 0.2) is 42.5 Å². The molecule has 6 heteroatoms. The van der Waals surface area contributed by atoms with Crippen molar-refractivity contribution < 1.29 is 23.7 Å². The van der Waals surface area contributed by atoms with Crippen LogP contribution in [0.25, 0.3) is 0 Å². The number of fused-ring (bicyclic) bond motifs is 1. The number of nitrogens with zero attached hydrogens (tertiary/aromatic N) is 1. The first-order chi connectivity index (χ1) is 11.2. The van der Waals surface area contributed by atoms with Gasteiger partial charge in [0.1, 0.15) is 6.61 Å². The number of hydrogen-bond donors (Lipinski definition) is 0. The SMILES string of the molecule is COc1cc(C#N)ccc1OC(=O)[C@H]1COc2ccccc2O1. The lowest BCUT2D eigenvalue weighted by molar-refractivity contribution is -0.144. The predicted octanol–water partition coefficient (Wildman–Crippen LogP) is 2.31. The summed E-state index contributed by atoms with van der Waals surface area (Å²) in [4.78, 5) is 12.3. The Morgan fingerprint density at radius 1 is 1.22 bits per heavy atom. The van der Waals surface area contributed by atoms with E-state index in [2.05, 4.69) is 0 Å². The van der Waals surface area contributed by atoms with Crippen LogP contribution in [-0.2, 0) is 4.79 Å². The van der Waals surface area contributed by atoms with E-state index in [-0.39, 0.29) is 12.4 Å². The molecule has 1 aliphatic heterocycles. The molecule has 0 N–H and O–H groups in total. The van der Waals surface area contributed by atoms with Gasteiger partial charge in [-0.1, -0.05) is 12.1 Å². The number of rotatable bonds is 3. The fourth-order valence-corrected chi connectivity index (χ4v) is 2.13. The van der Waals surface area contributed by atoms with E-state index in [1.165, 1.54) is 19.2 Å². The molecule has 23 heavy (non-hydrogen) atoms. The van der Waals surface area contributed by atoms with E-state index < -0.39 is 12.1 Å².